The molecule has 0 aliphatic rings. The molecule has 9 heteroatoms. The molecule has 3 aromatic rings. The number of aromatic amines is 1. The molecule has 0 amide bonds. The van der Waals surface area contributed by atoms with Crippen LogP contribution in [-0.4, -0.2) is 31.9 Å². The van der Waals surface area contributed by atoms with Crippen LogP contribution in [0.15, 0.2) is 36.5 Å². The fourth-order valence-electron chi connectivity index (χ4n) is 2.25. The first-order chi connectivity index (χ1) is 12.0. The summed E-state index contributed by atoms with van der Waals surface area (Å²) in [4.78, 5) is 8.43. The van der Waals surface area contributed by atoms with Crippen molar-refractivity contribution in [3.8, 4) is 0 Å². The lowest BCUT2D eigenvalue weighted by molar-refractivity contribution is 0.276. The maximum absolute atomic E-state index is 13.0. The molecule has 0 fully saturated rings. The number of benzene rings is 1. The average Bonchev–Trinajstić information content (AvgIpc) is 3.01. The van der Waals surface area contributed by atoms with Gasteiger partial charge in [0.1, 0.15) is 5.82 Å². The lowest BCUT2D eigenvalue weighted by Gasteiger charge is -2.17. The molecule has 3 rings (SSSR count). The summed E-state index contributed by atoms with van der Waals surface area (Å²) < 4.78 is 13.0. The molecule has 0 spiro atoms. The predicted octanol–water partition coefficient (Wildman–Crippen LogP) is 2.12. The Hall–Kier alpha value is -3.20. The second-order valence-corrected chi connectivity index (χ2v) is 5.49. The van der Waals surface area contributed by atoms with E-state index in [2.05, 4.69) is 30.8 Å². The first kappa shape index (κ1) is 16.7. The third-order valence-corrected chi connectivity index (χ3v) is 3.53. The maximum atomic E-state index is 13.0. The molecule has 2 aromatic heterocycles. The second kappa shape index (κ2) is 7.14. The Morgan fingerprint density at radius 3 is 2.72 bits per heavy atom. The Kier molecular flexibility index (Phi) is 4.75. The van der Waals surface area contributed by atoms with Crippen LogP contribution in [0.3, 0.4) is 0 Å². The van der Waals surface area contributed by atoms with E-state index in [1.54, 1.807) is 12.1 Å². The molecule has 1 unspecified atom stereocenters. The van der Waals surface area contributed by atoms with Crippen LogP contribution in [-0.2, 0) is 0 Å². The van der Waals surface area contributed by atoms with E-state index < -0.39 is 6.04 Å². The largest absolute Gasteiger partial charge is 0.394 e. The van der Waals surface area contributed by atoms with E-state index in [0.29, 0.717) is 22.9 Å². The third-order valence-electron chi connectivity index (χ3n) is 3.53. The van der Waals surface area contributed by atoms with Gasteiger partial charge in [-0.2, -0.15) is 10.1 Å². The molecule has 0 bridgehead atoms. The van der Waals surface area contributed by atoms with Crippen LogP contribution >= 0.6 is 0 Å². The van der Waals surface area contributed by atoms with Gasteiger partial charge in [-0.25, -0.2) is 9.37 Å². The van der Waals surface area contributed by atoms with Crippen molar-refractivity contribution < 1.29 is 9.50 Å². The zero-order chi connectivity index (χ0) is 17.8. The third kappa shape index (κ3) is 4.01. The topological polar surface area (TPSA) is 125 Å². The number of hydrogen-bond donors (Lipinski definition) is 5. The number of nitrogen functional groups attached to an aromatic ring is 1. The monoisotopic (exact) mass is 343 g/mol. The second-order valence-electron chi connectivity index (χ2n) is 5.49. The molecule has 0 aliphatic heterocycles. The molecule has 25 heavy (non-hydrogen) atoms. The maximum Gasteiger partial charge on any atom is 0.225 e. The van der Waals surface area contributed by atoms with E-state index in [4.69, 9.17) is 5.73 Å². The molecular weight excluding hydrogens is 325 g/mol. The van der Waals surface area contributed by atoms with Crippen molar-refractivity contribution in [2.24, 2.45) is 0 Å². The van der Waals surface area contributed by atoms with Crippen molar-refractivity contribution in [2.45, 2.75) is 13.0 Å². The molecule has 0 radical (unpaired) electrons. The summed E-state index contributed by atoms with van der Waals surface area (Å²) in [5.74, 6) is 0.892. The number of aliphatic hydroxyl groups excluding tert-OH is 1. The van der Waals surface area contributed by atoms with Gasteiger partial charge < -0.3 is 21.5 Å². The Labute approximate surface area is 143 Å². The van der Waals surface area contributed by atoms with Gasteiger partial charge in [0.2, 0.25) is 5.95 Å². The SMILES string of the molecule is Cc1cc(Nc2nc(NC(CO)c3ccc(F)cc3)ncc2N)n[nH]1. The fraction of sp³-hybridized carbons (Fsp3) is 0.188. The normalized spacial score (nSPS) is 12.0. The summed E-state index contributed by atoms with van der Waals surface area (Å²) in [6.45, 7) is 1.67. The van der Waals surface area contributed by atoms with Crippen molar-refractivity contribution in [2.75, 3.05) is 23.0 Å². The zero-order valence-corrected chi connectivity index (χ0v) is 13.5. The highest BCUT2D eigenvalue weighted by Gasteiger charge is 2.13. The average molecular weight is 343 g/mol. The number of halogens is 1. The first-order valence-corrected chi connectivity index (χ1v) is 7.59. The van der Waals surface area contributed by atoms with Gasteiger partial charge in [0.05, 0.1) is 24.5 Å². The van der Waals surface area contributed by atoms with Crippen LogP contribution in [0, 0.1) is 12.7 Å². The van der Waals surface area contributed by atoms with Crippen LogP contribution < -0.4 is 16.4 Å². The van der Waals surface area contributed by atoms with Crippen molar-refractivity contribution in [1.82, 2.24) is 20.2 Å². The number of nitrogens with one attached hydrogen (secondary N) is 3. The van der Waals surface area contributed by atoms with Gasteiger partial charge in [-0.3, -0.25) is 5.10 Å². The quantitative estimate of drug-likeness (QED) is 0.464. The summed E-state index contributed by atoms with van der Waals surface area (Å²) in [7, 11) is 0. The Balaban J connectivity index is 1.79. The van der Waals surface area contributed by atoms with E-state index in [1.807, 2.05) is 13.0 Å². The number of nitrogens with two attached hydrogens (primary N) is 1. The molecule has 130 valence electrons. The lowest BCUT2D eigenvalue weighted by atomic mass is 10.1. The minimum Gasteiger partial charge on any atom is -0.394 e. The lowest BCUT2D eigenvalue weighted by Crippen LogP contribution is -2.17. The van der Waals surface area contributed by atoms with Crippen LogP contribution in [0.4, 0.5) is 27.7 Å². The van der Waals surface area contributed by atoms with Crippen molar-refractivity contribution in [1.29, 1.82) is 0 Å². The molecule has 0 saturated carbocycles. The van der Waals surface area contributed by atoms with E-state index in [0.717, 1.165) is 5.69 Å². The molecule has 2 heterocycles. The van der Waals surface area contributed by atoms with Crippen LogP contribution in [0.25, 0.3) is 0 Å². The number of nitrogens with zero attached hydrogens (tertiary/aromatic N) is 3. The van der Waals surface area contributed by atoms with E-state index in [1.165, 1.54) is 18.3 Å². The number of anilines is 4. The summed E-state index contributed by atoms with van der Waals surface area (Å²) in [5.41, 5.74) is 7.85. The Morgan fingerprint density at radius 1 is 1.32 bits per heavy atom. The van der Waals surface area contributed by atoms with Crippen molar-refractivity contribution in [3.63, 3.8) is 0 Å². The van der Waals surface area contributed by atoms with Crippen molar-refractivity contribution in [3.05, 3.63) is 53.6 Å². The van der Waals surface area contributed by atoms with Gasteiger partial charge in [0, 0.05) is 11.8 Å². The highest BCUT2D eigenvalue weighted by atomic mass is 19.1. The highest BCUT2D eigenvalue weighted by Crippen LogP contribution is 2.23. The van der Waals surface area contributed by atoms with Gasteiger partial charge in [-0.05, 0) is 24.6 Å². The Bertz CT molecular complexity index is 850. The smallest absolute Gasteiger partial charge is 0.225 e. The minimum atomic E-state index is -0.482. The summed E-state index contributed by atoms with van der Waals surface area (Å²) >= 11 is 0. The van der Waals surface area contributed by atoms with Gasteiger partial charge in [-0.15, -0.1) is 0 Å². The van der Waals surface area contributed by atoms with Crippen LogP contribution in [0.2, 0.25) is 0 Å². The van der Waals surface area contributed by atoms with Gasteiger partial charge in [0.15, 0.2) is 11.6 Å². The molecule has 0 aliphatic carbocycles. The number of aromatic nitrogens is 4. The van der Waals surface area contributed by atoms with Gasteiger partial charge >= 0.3 is 0 Å². The molecular formula is C16H18FN7O. The first-order valence-electron chi connectivity index (χ1n) is 7.59. The molecule has 1 atom stereocenters. The number of rotatable bonds is 6. The highest BCUT2D eigenvalue weighted by molar-refractivity contribution is 5.67. The van der Waals surface area contributed by atoms with Crippen LogP contribution in [0.5, 0.6) is 0 Å². The summed E-state index contributed by atoms with van der Waals surface area (Å²) in [6, 6.07) is 7.17. The van der Waals surface area contributed by atoms with E-state index >= 15 is 0 Å². The summed E-state index contributed by atoms with van der Waals surface area (Å²) in [5, 5.41) is 22.5. The molecule has 1 aromatic carbocycles. The predicted molar refractivity (Wildman–Crippen MR) is 92.9 cm³/mol. The van der Waals surface area contributed by atoms with Gasteiger partial charge in [0.25, 0.3) is 0 Å². The van der Waals surface area contributed by atoms with E-state index in [9.17, 15) is 9.50 Å². The number of H-pyrrole nitrogens is 1. The van der Waals surface area contributed by atoms with Crippen molar-refractivity contribution >= 4 is 23.3 Å². The number of aryl methyl sites for hydroxylation is 1. The standard InChI is InChI=1S/C16H18FN7O/c1-9-6-14(24-23-9)21-15-12(18)7-19-16(22-15)20-13(8-25)10-2-4-11(17)5-3-10/h2-7,13,25H,8,18H2,1H3,(H3,19,20,21,22,23,24). The van der Waals surface area contributed by atoms with Crippen LogP contribution in [0.1, 0.15) is 17.3 Å². The number of hydrogen-bond acceptors (Lipinski definition) is 7. The molecule has 8 nitrogen and oxygen atoms in total. The molecule has 0 saturated heterocycles. The Morgan fingerprint density at radius 2 is 2.08 bits per heavy atom. The van der Waals surface area contributed by atoms with Gasteiger partial charge in [-0.1, -0.05) is 12.1 Å². The zero-order valence-electron chi connectivity index (χ0n) is 13.5. The number of aliphatic hydroxyl groups is 1. The molecule has 6 N–H and O–H groups in total. The minimum absolute atomic E-state index is 0.208. The fourth-order valence-corrected chi connectivity index (χ4v) is 2.25. The van der Waals surface area contributed by atoms with E-state index in [-0.39, 0.29) is 18.4 Å². The summed E-state index contributed by atoms with van der Waals surface area (Å²) in [6.07, 6.45) is 1.45.